The van der Waals surface area contributed by atoms with Crippen molar-refractivity contribution < 1.29 is 18.3 Å². The van der Waals surface area contributed by atoms with Crippen molar-refractivity contribution in [3.05, 3.63) is 107 Å². The van der Waals surface area contributed by atoms with E-state index in [-0.39, 0.29) is 18.0 Å². The third kappa shape index (κ3) is 4.65. The van der Waals surface area contributed by atoms with Gasteiger partial charge < -0.3 is 14.6 Å². The van der Waals surface area contributed by atoms with Crippen molar-refractivity contribution in [2.24, 2.45) is 0 Å². The molecule has 4 rings (SSSR count). The van der Waals surface area contributed by atoms with Crippen molar-refractivity contribution >= 4 is 22.5 Å². The number of nitrogens with one attached hydrogen (secondary N) is 1. The molecule has 0 fully saturated rings. The van der Waals surface area contributed by atoms with Gasteiger partial charge in [-0.1, -0.05) is 30.9 Å². The van der Waals surface area contributed by atoms with Gasteiger partial charge in [0.05, 0.1) is 12.1 Å². The lowest BCUT2D eigenvalue weighted by Gasteiger charge is -2.13. The van der Waals surface area contributed by atoms with Gasteiger partial charge in [0.15, 0.2) is 0 Å². The molecule has 1 amide bonds. The molecule has 0 aliphatic carbocycles. The lowest BCUT2D eigenvalue weighted by molar-refractivity contribution is 0.101. The number of ether oxygens (including phenoxy) is 1. The summed E-state index contributed by atoms with van der Waals surface area (Å²) in [5.74, 6) is -1.07. The van der Waals surface area contributed by atoms with Crippen LogP contribution in [0.15, 0.2) is 73.3 Å². The zero-order valence-electron chi connectivity index (χ0n) is 18.5. The maximum Gasteiger partial charge on any atom is 0.272 e. The van der Waals surface area contributed by atoms with Crippen molar-refractivity contribution in [3.63, 3.8) is 0 Å². The number of hydrogen-bond donors (Lipinski definition) is 1. The van der Waals surface area contributed by atoms with E-state index in [4.69, 9.17) is 4.74 Å². The van der Waals surface area contributed by atoms with E-state index in [1.54, 1.807) is 22.8 Å². The van der Waals surface area contributed by atoms with E-state index in [9.17, 15) is 13.6 Å². The zero-order valence-corrected chi connectivity index (χ0v) is 18.5. The van der Waals surface area contributed by atoms with Crippen LogP contribution in [0.5, 0.6) is 5.75 Å². The maximum atomic E-state index is 14.5. The van der Waals surface area contributed by atoms with Crippen LogP contribution >= 0.6 is 0 Å². The summed E-state index contributed by atoms with van der Waals surface area (Å²) in [6, 6.07) is 16.3. The molecule has 0 spiro atoms. The Kier molecular flexibility index (Phi) is 6.27. The van der Waals surface area contributed by atoms with Gasteiger partial charge in [0.1, 0.15) is 29.7 Å². The highest BCUT2D eigenvalue weighted by molar-refractivity contribution is 6.07. The van der Waals surface area contributed by atoms with E-state index in [2.05, 4.69) is 11.9 Å². The first-order valence-electron chi connectivity index (χ1n) is 10.6. The molecule has 0 saturated carbocycles. The normalized spacial score (nSPS) is 10.9. The Balaban J connectivity index is 1.80. The molecule has 4 nitrogen and oxygen atoms in total. The average molecular weight is 446 g/mol. The monoisotopic (exact) mass is 446 g/mol. The second-order valence-electron chi connectivity index (χ2n) is 7.89. The molecule has 4 aromatic rings. The Morgan fingerprint density at radius 1 is 1.06 bits per heavy atom. The molecular weight excluding hydrogens is 422 g/mol. The molecule has 1 heterocycles. The lowest BCUT2D eigenvalue weighted by Crippen LogP contribution is -2.18. The van der Waals surface area contributed by atoms with Crippen LogP contribution in [0.25, 0.3) is 10.9 Å². The summed E-state index contributed by atoms with van der Waals surface area (Å²) in [6.45, 7) is 8.01. The Morgan fingerprint density at radius 2 is 1.88 bits per heavy atom. The highest BCUT2D eigenvalue weighted by Crippen LogP contribution is 2.31. The topological polar surface area (TPSA) is 43.3 Å². The molecule has 33 heavy (non-hydrogen) atoms. The Hall–Kier alpha value is -3.93. The van der Waals surface area contributed by atoms with Crippen molar-refractivity contribution in [1.82, 2.24) is 4.57 Å². The molecule has 168 valence electrons. The van der Waals surface area contributed by atoms with Gasteiger partial charge in [0.2, 0.25) is 0 Å². The molecule has 3 aromatic carbocycles. The predicted molar refractivity (Wildman–Crippen MR) is 127 cm³/mol. The average Bonchev–Trinajstić information content (AvgIpc) is 3.16. The summed E-state index contributed by atoms with van der Waals surface area (Å²) >= 11 is 0. The molecule has 0 unspecified atom stereocenters. The van der Waals surface area contributed by atoms with Gasteiger partial charge >= 0.3 is 0 Å². The molecular formula is C27H24F2N2O2. The van der Waals surface area contributed by atoms with Crippen LogP contribution in [-0.2, 0) is 6.54 Å². The van der Waals surface area contributed by atoms with E-state index < -0.39 is 11.6 Å². The Labute approximate surface area is 191 Å². The van der Waals surface area contributed by atoms with Crippen molar-refractivity contribution in [1.29, 1.82) is 0 Å². The maximum absolute atomic E-state index is 14.5. The van der Waals surface area contributed by atoms with Gasteiger partial charge in [0, 0.05) is 22.7 Å². The number of halogens is 2. The van der Waals surface area contributed by atoms with Gasteiger partial charge in [0.25, 0.3) is 5.91 Å². The number of aromatic nitrogens is 1. The predicted octanol–water partition coefficient (Wildman–Crippen LogP) is 6.40. The van der Waals surface area contributed by atoms with E-state index >= 15 is 0 Å². The largest absolute Gasteiger partial charge is 0.489 e. The first-order chi connectivity index (χ1) is 15.9. The number of fused-ring (bicyclic) bond motifs is 1. The van der Waals surface area contributed by atoms with Crippen molar-refractivity contribution in [2.75, 3.05) is 11.9 Å². The first-order valence-corrected chi connectivity index (χ1v) is 10.6. The second kappa shape index (κ2) is 9.28. The van der Waals surface area contributed by atoms with E-state index in [0.29, 0.717) is 34.6 Å². The van der Waals surface area contributed by atoms with Crippen LogP contribution in [-0.4, -0.2) is 17.1 Å². The molecule has 6 heteroatoms. The highest BCUT2D eigenvalue weighted by atomic mass is 19.1. The third-order valence-corrected chi connectivity index (χ3v) is 5.60. The van der Waals surface area contributed by atoms with Crippen molar-refractivity contribution in [2.45, 2.75) is 20.4 Å². The molecule has 0 aliphatic heterocycles. The molecule has 1 N–H and O–H groups in total. The van der Waals surface area contributed by atoms with Gasteiger partial charge in [-0.25, -0.2) is 8.78 Å². The molecule has 0 saturated heterocycles. The number of aryl methyl sites for hydroxylation is 2. The summed E-state index contributed by atoms with van der Waals surface area (Å²) in [4.78, 5) is 13.3. The number of anilines is 1. The zero-order chi connectivity index (χ0) is 23.5. The van der Waals surface area contributed by atoms with Crippen LogP contribution in [0.3, 0.4) is 0 Å². The van der Waals surface area contributed by atoms with Gasteiger partial charge in [-0.15, -0.1) is 0 Å². The molecule has 0 bridgehead atoms. The SMILES string of the molecule is C=CCOc1cccc2c1cc(C(=O)Nc1ccc(C)c(C)c1)n2Cc1ccc(F)cc1F. The number of rotatable bonds is 7. The van der Waals surface area contributed by atoms with Crippen LogP contribution in [0.1, 0.15) is 27.2 Å². The molecule has 0 atom stereocenters. The third-order valence-electron chi connectivity index (χ3n) is 5.60. The fourth-order valence-electron chi connectivity index (χ4n) is 3.72. The van der Waals surface area contributed by atoms with Gasteiger partial charge in [-0.2, -0.15) is 0 Å². The molecule has 1 aromatic heterocycles. The van der Waals surface area contributed by atoms with Crippen LogP contribution in [0, 0.1) is 25.5 Å². The fourth-order valence-corrected chi connectivity index (χ4v) is 3.72. The van der Waals surface area contributed by atoms with E-state index in [1.165, 1.54) is 12.1 Å². The number of amides is 1. The van der Waals surface area contributed by atoms with Crippen LogP contribution < -0.4 is 10.1 Å². The Morgan fingerprint density at radius 3 is 2.61 bits per heavy atom. The minimum absolute atomic E-state index is 0.0518. The smallest absolute Gasteiger partial charge is 0.272 e. The summed E-state index contributed by atoms with van der Waals surface area (Å²) in [5.41, 5.74) is 4.15. The minimum atomic E-state index is -0.670. The number of carbonyl (C=O) groups is 1. The lowest BCUT2D eigenvalue weighted by atomic mass is 10.1. The Bertz CT molecular complexity index is 1360. The fraction of sp³-hybridized carbons (Fsp3) is 0.148. The molecule has 0 radical (unpaired) electrons. The van der Waals surface area contributed by atoms with Crippen molar-refractivity contribution in [3.8, 4) is 5.75 Å². The number of benzene rings is 3. The number of nitrogens with zero attached hydrogens (tertiary/aromatic N) is 1. The molecule has 0 aliphatic rings. The minimum Gasteiger partial charge on any atom is -0.489 e. The summed E-state index contributed by atoms with van der Waals surface area (Å²) in [5, 5.41) is 3.64. The second-order valence-corrected chi connectivity index (χ2v) is 7.89. The van der Waals surface area contributed by atoms with E-state index in [1.807, 2.05) is 44.2 Å². The summed E-state index contributed by atoms with van der Waals surface area (Å²) in [6.07, 6.45) is 1.64. The highest BCUT2D eigenvalue weighted by Gasteiger charge is 2.20. The standard InChI is InChI=1S/C27H24F2N2O2/c1-4-12-33-26-7-5-6-24-22(26)15-25(27(32)30-21-11-8-17(2)18(3)13-21)31(24)16-19-9-10-20(28)14-23(19)29/h4-11,13-15H,1,12,16H2,2-3H3,(H,30,32). The quantitative estimate of drug-likeness (QED) is 0.334. The van der Waals surface area contributed by atoms with Gasteiger partial charge in [-0.3, -0.25) is 4.79 Å². The number of carbonyl (C=O) groups excluding carboxylic acids is 1. The van der Waals surface area contributed by atoms with Crippen LogP contribution in [0.4, 0.5) is 14.5 Å². The van der Waals surface area contributed by atoms with Gasteiger partial charge in [-0.05, 0) is 61.4 Å². The summed E-state index contributed by atoms with van der Waals surface area (Å²) in [7, 11) is 0. The van der Waals surface area contributed by atoms with E-state index in [0.717, 1.165) is 17.2 Å². The number of hydrogen-bond acceptors (Lipinski definition) is 2. The first kappa shape index (κ1) is 22.3. The van der Waals surface area contributed by atoms with Crippen LogP contribution in [0.2, 0.25) is 0 Å². The summed E-state index contributed by atoms with van der Waals surface area (Å²) < 4.78 is 35.4.